The molecule has 5 heteroatoms. The second-order valence-corrected chi connectivity index (χ2v) is 3.55. The van der Waals surface area contributed by atoms with Crippen molar-refractivity contribution >= 4 is 5.91 Å². The molecule has 0 aliphatic rings. The minimum Gasteiger partial charge on any atom is -0.498 e. The summed E-state index contributed by atoms with van der Waals surface area (Å²) in [5.74, 6) is 0.642. The summed E-state index contributed by atoms with van der Waals surface area (Å²) in [5.41, 5.74) is 1.04. The second kappa shape index (κ2) is 9.72. The van der Waals surface area contributed by atoms with Crippen molar-refractivity contribution in [3.63, 3.8) is 0 Å². The summed E-state index contributed by atoms with van der Waals surface area (Å²) in [6.07, 6.45) is 4.04. The molecule has 0 aliphatic heterocycles. The van der Waals surface area contributed by atoms with E-state index in [1.54, 1.807) is 0 Å². The predicted molar refractivity (Wildman–Crippen MR) is 67.2 cm³/mol. The van der Waals surface area contributed by atoms with Gasteiger partial charge in [-0.1, -0.05) is 0 Å². The molecule has 0 fully saturated rings. The minimum absolute atomic E-state index is 0.0420. The van der Waals surface area contributed by atoms with Gasteiger partial charge in [-0.25, -0.2) is 0 Å². The number of carbonyl (C=O) groups excluding carboxylic acids is 1. The topological polar surface area (TPSA) is 70.6 Å². The number of nitrogens with one attached hydrogen (secondary N) is 2. The molecule has 5 nitrogen and oxygen atoms in total. The number of hydrogen-bond donors (Lipinski definition) is 3. The molecule has 0 aromatic heterocycles. The Labute approximate surface area is 103 Å². The summed E-state index contributed by atoms with van der Waals surface area (Å²) in [7, 11) is 1.85. The molecule has 98 valence electrons. The van der Waals surface area contributed by atoms with E-state index >= 15 is 0 Å². The SMILES string of the molecule is CN/C(C)=C/C=C(\C)OCCC(=O)NCCO. The Morgan fingerprint density at radius 1 is 1.35 bits per heavy atom. The standard InChI is InChI=1S/C12H22N2O3/c1-10(13-3)4-5-11(2)17-9-6-12(16)14-7-8-15/h4-5,13,15H,6-9H2,1-3H3,(H,14,16)/b10-4+,11-5+. The lowest BCUT2D eigenvalue weighted by Crippen LogP contribution is -2.27. The summed E-state index contributed by atoms with van der Waals surface area (Å²) < 4.78 is 5.35. The van der Waals surface area contributed by atoms with E-state index in [-0.39, 0.29) is 19.1 Å². The number of carbonyl (C=O) groups is 1. The van der Waals surface area contributed by atoms with E-state index in [0.29, 0.717) is 13.0 Å². The molecular weight excluding hydrogens is 220 g/mol. The largest absolute Gasteiger partial charge is 0.498 e. The molecule has 0 aliphatic carbocycles. The number of rotatable bonds is 8. The Hall–Kier alpha value is -1.49. The number of allylic oxidation sites excluding steroid dienone is 4. The fourth-order valence-electron chi connectivity index (χ4n) is 0.962. The molecule has 3 N–H and O–H groups in total. The van der Waals surface area contributed by atoms with E-state index in [1.165, 1.54) is 0 Å². The van der Waals surface area contributed by atoms with E-state index in [0.717, 1.165) is 11.5 Å². The minimum atomic E-state index is -0.117. The highest BCUT2D eigenvalue weighted by atomic mass is 16.5. The Bertz CT molecular complexity index is 285. The number of amides is 1. The Morgan fingerprint density at radius 3 is 2.65 bits per heavy atom. The first-order valence-corrected chi connectivity index (χ1v) is 5.63. The van der Waals surface area contributed by atoms with Crippen LogP contribution in [-0.4, -0.2) is 37.8 Å². The van der Waals surface area contributed by atoms with Crippen molar-refractivity contribution in [2.75, 3.05) is 26.8 Å². The number of aliphatic hydroxyl groups is 1. The lowest BCUT2D eigenvalue weighted by molar-refractivity contribution is -0.122. The van der Waals surface area contributed by atoms with Crippen molar-refractivity contribution in [3.05, 3.63) is 23.6 Å². The van der Waals surface area contributed by atoms with Crippen molar-refractivity contribution in [1.29, 1.82) is 0 Å². The maximum atomic E-state index is 11.2. The van der Waals surface area contributed by atoms with Crippen LogP contribution in [0.25, 0.3) is 0 Å². The molecule has 0 aromatic carbocycles. The molecular formula is C12H22N2O3. The van der Waals surface area contributed by atoms with Gasteiger partial charge in [0.2, 0.25) is 5.91 Å². The van der Waals surface area contributed by atoms with Crippen molar-refractivity contribution in [3.8, 4) is 0 Å². The van der Waals surface area contributed by atoms with Gasteiger partial charge in [-0.05, 0) is 26.0 Å². The van der Waals surface area contributed by atoms with Crippen LogP contribution in [-0.2, 0) is 9.53 Å². The Kier molecular flexibility index (Phi) is 8.86. The van der Waals surface area contributed by atoms with Gasteiger partial charge in [0.1, 0.15) is 0 Å². The summed E-state index contributed by atoms with van der Waals surface area (Å²) >= 11 is 0. The smallest absolute Gasteiger partial charge is 0.223 e. The van der Waals surface area contributed by atoms with Gasteiger partial charge in [0.15, 0.2) is 0 Å². The maximum Gasteiger partial charge on any atom is 0.223 e. The van der Waals surface area contributed by atoms with E-state index in [1.807, 2.05) is 33.0 Å². The van der Waals surface area contributed by atoms with Gasteiger partial charge in [0.25, 0.3) is 0 Å². The fourth-order valence-corrected chi connectivity index (χ4v) is 0.962. The van der Waals surface area contributed by atoms with Crippen molar-refractivity contribution < 1.29 is 14.6 Å². The number of ether oxygens (including phenoxy) is 1. The molecule has 0 aromatic rings. The lowest BCUT2D eigenvalue weighted by atomic mass is 10.3. The summed E-state index contributed by atoms with van der Waals surface area (Å²) in [6, 6.07) is 0. The third-order valence-corrected chi connectivity index (χ3v) is 2.06. The van der Waals surface area contributed by atoms with Gasteiger partial charge >= 0.3 is 0 Å². The van der Waals surface area contributed by atoms with Gasteiger partial charge < -0.3 is 20.5 Å². The van der Waals surface area contributed by atoms with Crippen LogP contribution >= 0.6 is 0 Å². The van der Waals surface area contributed by atoms with Crippen molar-refractivity contribution in [2.45, 2.75) is 20.3 Å². The van der Waals surface area contributed by atoms with Crippen LogP contribution in [0.5, 0.6) is 0 Å². The van der Waals surface area contributed by atoms with Gasteiger partial charge in [-0.3, -0.25) is 4.79 Å². The second-order valence-electron chi connectivity index (χ2n) is 3.55. The van der Waals surface area contributed by atoms with Gasteiger partial charge in [-0.2, -0.15) is 0 Å². The third kappa shape index (κ3) is 9.44. The molecule has 0 spiro atoms. The van der Waals surface area contributed by atoms with Crippen LogP contribution in [0.1, 0.15) is 20.3 Å². The highest BCUT2D eigenvalue weighted by Gasteiger charge is 1.99. The number of hydrogen-bond acceptors (Lipinski definition) is 4. The normalized spacial score (nSPS) is 12.2. The molecule has 0 saturated carbocycles. The summed E-state index contributed by atoms with van der Waals surface area (Å²) in [6.45, 7) is 4.38. The third-order valence-electron chi connectivity index (χ3n) is 2.06. The van der Waals surface area contributed by atoms with Crippen LogP contribution < -0.4 is 10.6 Å². The quantitative estimate of drug-likeness (QED) is 0.429. The van der Waals surface area contributed by atoms with Crippen LogP contribution in [0.4, 0.5) is 0 Å². The average molecular weight is 242 g/mol. The highest BCUT2D eigenvalue weighted by molar-refractivity contribution is 5.75. The van der Waals surface area contributed by atoms with Crippen LogP contribution in [0.15, 0.2) is 23.6 Å². The lowest BCUT2D eigenvalue weighted by Gasteiger charge is -2.06. The molecule has 0 saturated heterocycles. The molecule has 0 atom stereocenters. The summed E-state index contributed by atoms with van der Waals surface area (Å²) in [4.78, 5) is 11.2. The molecule has 0 unspecified atom stereocenters. The fraction of sp³-hybridized carbons (Fsp3) is 0.583. The van der Waals surface area contributed by atoms with Crippen LogP contribution in [0.3, 0.4) is 0 Å². The van der Waals surface area contributed by atoms with E-state index in [2.05, 4.69) is 10.6 Å². The first-order valence-electron chi connectivity index (χ1n) is 5.63. The van der Waals surface area contributed by atoms with E-state index in [4.69, 9.17) is 9.84 Å². The average Bonchev–Trinajstić information content (AvgIpc) is 2.33. The van der Waals surface area contributed by atoms with Crippen molar-refractivity contribution in [1.82, 2.24) is 10.6 Å². The molecule has 0 bridgehead atoms. The molecule has 0 rings (SSSR count). The zero-order chi connectivity index (χ0) is 13.1. The Balaban J connectivity index is 3.77. The van der Waals surface area contributed by atoms with Crippen molar-refractivity contribution in [2.24, 2.45) is 0 Å². The van der Waals surface area contributed by atoms with Gasteiger partial charge in [0.05, 0.1) is 25.4 Å². The maximum absolute atomic E-state index is 11.2. The monoisotopic (exact) mass is 242 g/mol. The highest BCUT2D eigenvalue weighted by Crippen LogP contribution is 1.98. The Morgan fingerprint density at radius 2 is 2.06 bits per heavy atom. The predicted octanol–water partition coefficient (Wildman–Crippen LogP) is 0.529. The zero-order valence-electron chi connectivity index (χ0n) is 10.7. The van der Waals surface area contributed by atoms with Gasteiger partial charge in [0, 0.05) is 19.3 Å². The summed E-state index contributed by atoms with van der Waals surface area (Å²) in [5, 5.41) is 14.1. The van der Waals surface area contributed by atoms with E-state index in [9.17, 15) is 4.79 Å². The van der Waals surface area contributed by atoms with E-state index < -0.39 is 0 Å². The molecule has 0 radical (unpaired) electrons. The first-order chi connectivity index (χ1) is 8.10. The van der Waals surface area contributed by atoms with Crippen LogP contribution in [0, 0.1) is 0 Å². The number of aliphatic hydroxyl groups excluding tert-OH is 1. The molecule has 0 heterocycles. The van der Waals surface area contributed by atoms with Gasteiger partial charge in [-0.15, -0.1) is 0 Å². The first kappa shape index (κ1) is 15.5. The zero-order valence-corrected chi connectivity index (χ0v) is 10.7. The molecule has 17 heavy (non-hydrogen) atoms. The molecule has 1 amide bonds. The van der Waals surface area contributed by atoms with Crippen LogP contribution in [0.2, 0.25) is 0 Å².